The molecule has 1 aromatic heterocycles. The average Bonchev–Trinajstić information content (AvgIpc) is 2.79. The van der Waals surface area contributed by atoms with Crippen LogP contribution in [0.2, 0.25) is 0 Å². The maximum absolute atomic E-state index is 12.1. The van der Waals surface area contributed by atoms with E-state index in [0.29, 0.717) is 19.4 Å². The fourth-order valence-corrected chi connectivity index (χ4v) is 2.08. The van der Waals surface area contributed by atoms with Gasteiger partial charge in [0.25, 0.3) is 0 Å². The first kappa shape index (κ1) is 13.6. The number of carbonyl (C=O) groups excluding carboxylic acids is 1. The number of aromatic nitrogens is 1. The van der Waals surface area contributed by atoms with E-state index < -0.39 is 0 Å². The van der Waals surface area contributed by atoms with E-state index in [1.54, 1.807) is 18.9 Å². The Morgan fingerprint density at radius 1 is 1.42 bits per heavy atom. The second-order valence-electron chi connectivity index (χ2n) is 4.99. The van der Waals surface area contributed by atoms with Gasteiger partial charge in [-0.3, -0.25) is 4.79 Å². The van der Waals surface area contributed by atoms with Crippen LogP contribution in [0.25, 0.3) is 10.9 Å². The molecule has 4 heteroatoms. The van der Waals surface area contributed by atoms with Crippen molar-refractivity contribution in [2.45, 2.75) is 25.9 Å². The lowest BCUT2D eigenvalue weighted by Gasteiger charge is -2.17. The minimum atomic E-state index is -0.372. The Labute approximate surface area is 113 Å². The number of nitrogens with one attached hydrogen (secondary N) is 1. The van der Waals surface area contributed by atoms with Gasteiger partial charge in [0.05, 0.1) is 12.5 Å². The van der Waals surface area contributed by atoms with Crippen molar-refractivity contribution in [3.63, 3.8) is 0 Å². The fraction of sp³-hybridized carbons (Fsp3) is 0.400. The average molecular weight is 260 g/mol. The standard InChI is InChI=1S/C15H20N2O2/c1-11(18)7-8-17(2)15(19)9-12-10-16-14-6-4-3-5-13(12)14/h3-6,10-11,16,18H,7-9H2,1-2H3. The number of benzene rings is 1. The molecule has 0 aliphatic heterocycles. The predicted molar refractivity (Wildman–Crippen MR) is 75.9 cm³/mol. The summed E-state index contributed by atoms with van der Waals surface area (Å²) >= 11 is 0. The third kappa shape index (κ3) is 3.35. The van der Waals surface area contributed by atoms with Gasteiger partial charge >= 0.3 is 0 Å². The molecule has 0 bridgehead atoms. The van der Waals surface area contributed by atoms with Crippen molar-refractivity contribution in [2.75, 3.05) is 13.6 Å². The number of H-pyrrole nitrogens is 1. The van der Waals surface area contributed by atoms with Gasteiger partial charge in [0.1, 0.15) is 0 Å². The topological polar surface area (TPSA) is 56.3 Å². The normalized spacial score (nSPS) is 12.6. The van der Waals surface area contributed by atoms with Crippen LogP contribution >= 0.6 is 0 Å². The number of aliphatic hydroxyl groups excluding tert-OH is 1. The van der Waals surface area contributed by atoms with E-state index in [2.05, 4.69) is 4.98 Å². The van der Waals surface area contributed by atoms with Gasteiger partial charge in [0.2, 0.25) is 5.91 Å². The summed E-state index contributed by atoms with van der Waals surface area (Å²) in [4.78, 5) is 16.9. The molecule has 0 spiro atoms. The maximum Gasteiger partial charge on any atom is 0.226 e. The van der Waals surface area contributed by atoms with Crippen molar-refractivity contribution < 1.29 is 9.90 Å². The first-order valence-electron chi connectivity index (χ1n) is 6.55. The number of amides is 1. The molecule has 1 atom stereocenters. The van der Waals surface area contributed by atoms with Crippen LogP contribution in [0.15, 0.2) is 30.5 Å². The lowest BCUT2D eigenvalue weighted by Crippen LogP contribution is -2.30. The number of hydrogen-bond donors (Lipinski definition) is 2. The van der Waals surface area contributed by atoms with E-state index in [0.717, 1.165) is 16.5 Å². The highest BCUT2D eigenvalue weighted by molar-refractivity contribution is 5.88. The van der Waals surface area contributed by atoms with Gasteiger partial charge in [-0.25, -0.2) is 0 Å². The number of rotatable bonds is 5. The maximum atomic E-state index is 12.1. The van der Waals surface area contributed by atoms with Crippen LogP contribution < -0.4 is 0 Å². The smallest absolute Gasteiger partial charge is 0.226 e. The zero-order chi connectivity index (χ0) is 13.8. The van der Waals surface area contributed by atoms with Crippen LogP contribution in [-0.2, 0) is 11.2 Å². The molecule has 1 unspecified atom stereocenters. The molecular formula is C15H20N2O2. The number of likely N-dealkylation sites (N-methyl/N-ethyl adjacent to an activating group) is 1. The summed E-state index contributed by atoms with van der Waals surface area (Å²) in [7, 11) is 1.78. The van der Waals surface area contributed by atoms with E-state index in [4.69, 9.17) is 0 Å². The molecule has 2 rings (SSSR count). The molecule has 1 heterocycles. The van der Waals surface area contributed by atoms with Gasteiger partial charge in [-0.2, -0.15) is 0 Å². The highest BCUT2D eigenvalue weighted by Crippen LogP contribution is 2.18. The molecule has 1 amide bonds. The Hall–Kier alpha value is -1.81. The van der Waals surface area contributed by atoms with E-state index >= 15 is 0 Å². The lowest BCUT2D eigenvalue weighted by molar-refractivity contribution is -0.129. The summed E-state index contributed by atoms with van der Waals surface area (Å²) in [5.41, 5.74) is 2.07. The minimum absolute atomic E-state index is 0.0744. The first-order valence-corrected chi connectivity index (χ1v) is 6.55. The lowest BCUT2D eigenvalue weighted by atomic mass is 10.1. The SMILES string of the molecule is CC(O)CCN(C)C(=O)Cc1c[nH]c2ccccc12. The van der Waals surface area contributed by atoms with Gasteiger partial charge in [-0.05, 0) is 25.0 Å². The van der Waals surface area contributed by atoms with E-state index in [-0.39, 0.29) is 12.0 Å². The second-order valence-corrected chi connectivity index (χ2v) is 4.99. The summed E-state index contributed by atoms with van der Waals surface area (Å²) in [6.07, 6.45) is 2.52. The van der Waals surface area contributed by atoms with E-state index in [1.807, 2.05) is 30.5 Å². The molecular weight excluding hydrogens is 240 g/mol. The van der Waals surface area contributed by atoms with Crippen LogP contribution in [0.4, 0.5) is 0 Å². The number of nitrogens with zero attached hydrogens (tertiary/aromatic N) is 1. The Bertz CT molecular complexity index is 560. The molecule has 19 heavy (non-hydrogen) atoms. The van der Waals surface area contributed by atoms with Crippen LogP contribution in [0.5, 0.6) is 0 Å². The van der Waals surface area contributed by atoms with Crippen molar-refractivity contribution in [1.82, 2.24) is 9.88 Å². The number of hydrogen-bond acceptors (Lipinski definition) is 2. The van der Waals surface area contributed by atoms with E-state index in [9.17, 15) is 9.90 Å². The summed E-state index contributed by atoms with van der Waals surface area (Å²) < 4.78 is 0. The van der Waals surface area contributed by atoms with Crippen LogP contribution in [0, 0.1) is 0 Å². The first-order chi connectivity index (χ1) is 9.08. The van der Waals surface area contributed by atoms with Gasteiger partial charge in [0.15, 0.2) is 0 Å². The zero-order valence-electron chi connectivity index (χ0n) is 11.4. The monoisotopic (exact) mass is 260 g/mol. The van der Waals surface area contributed by atoms with Crippen molar-refractivity contribution in [1.29, 1.82) is 0 Å². The summed E-state index contributed by atoms with van der Waals surface area (Å²) in [5.74, 6) is 0.0744. The quantitative estimate of drug-likeness (QED) is 0.863. The number of para-hydroxylation sites is 1. The molecule has 0 saturated carbocycles. The van der Waals surface area contributed by atoms with Crippen molar-refractivity contribution in [3.8, 4) is 0 Å². The van der Waals surface area contributed by atoms with Crippen molar-refractivity contribution in [3.05, 3.63) is 36.0 Å². The van der Waals surface area contributed by atoms with Crippen molar-refractivity contribution in [2.24, 2.45) is 0 Å². The molecule has 2 aromatic rings. The Balaban J connectivity index is 2.02. The highest BCUT2D eigenvalue weighted by Gasteiger charge is 2.13. The van der Waals surface area contributed by atoms with E-state index in [1.165, 1.54) is 0 Å². The molecule has 0 fully saturated rings. The molecule has 0 aliphatic rings. The number of fused-ring (bicyclic) bond motifs is 1. The zero-order valence-corrected chi connectivity index (χ0v) is 11.4. The predicted octanol–water partition coefficient (Wildman–Crippen LogP) is 1.94. The molecule has 102 valence electrons. The number of carbonyl (C=O) groups is 1. The van der Waals surface area contributed by atoms with Gasteiger partial charge in [0, 0.05) is 30.7 Å². The summed E-state index contributed by atoms with van der Waals surface area (Å²) in [6, 6.07) is 7.96. The number of aromatic amines is 1. The third-order valence-electron chi connectivity index (χ3n) is 3.32. The number of aliphatic hydroxyl groups is 1. The van der Waals surface area contributed by atoms with Gasteiger partial charge < -0.3 is 15.0 Å². The molecule has 1 aromatic carbocycles. The summed E-state index contributed by atoms with van der Waals surface area (Å²) in [5, 5.41) is 10.3. The summed E-state index contributed by atoms with van der Waals surface area (Å²) in [6.45, 7) is 2.32. The van der Waals surface area contributed by atoms with Crippen LogP contribution in [0.1, 0.15) is 18.9 Å². The second kappa shape index (κ2) is 5.89. The van der Waals surface area contributed by atoms with Gasteiger partial charge in [-0.15, -0.1) is 0 Å². The molecule has 0 aliphatic carbocycles. The highest BCUT2D eigenvalue weighted by atomic mass is 16.3. The molecule has 2 N–H and O–H groups in total. The van der Waals surface area contributed by atoms with Crippen LogP contribution in [-0.4, -0.2) is 40.6 Å². The molecule has 0 radical (unpaired) electrons. The Kier molecular flexibility index (Phi) is 4.22. The largest absolute Gasteiger partial charge is 0.393 e. The third-order valence-corrected chi connectivity index (χ3v) is 3.32. The molecule has 0 saturated heterocycles. The Morgan fingerprint density at radius 3 is 2.89 bits per heavy atom. The van der Waals surface area contributed by atoms with Crippen LogP contribution in [0.3, 0.4) is 0 Å². The van der Waals surface area contributed by atoms with Gasteiger partial charge in [-0.1, -0.05) is 18.2 Å². The fourth-order valence-electron chi connectivity index (χ4n) is 2.08. The minimum Gasteiger partial charge on any atom is -0.393 e. The Morgan fingerprint density at radius 2 is 2.16 bits per heavy atom. The van der Waals surface area contributed by atoms with Crippen molar-refractivity contribution >= 4 is 16.8 Å². The molecule has 4 nitrogen and oxygen atoms in total.